The van der Waals surface area contributed by atoms with Gasteiger partial charge in [-0.3, -0.25) is 0 Å². The average Bonchev–Trinajstić information content (AvgIpc) is 2.45. The number of aromatic nitrogens is 1. The van der Waals surface area contributed by atoms with Gasteiger partial charge < -0.3 is 9.47 Å². The van der Waals surface area contributed by atoms with E-state index in [0.29, 0.717) is 12.5 Å². The summed E-state index contributed by atoms with van der Waals surface area (Å²) in [5.74, 6) is 3.77. The molecule has 0 radical (unpaired) electrons. The molecule has 0 aliphatic carbocycles. The van der Waals surface area contributed by atoms with Gasteiger partial charge in [0.2, 0.25) is 5.88 Å². The Morgan fingerprint density at radius 2 is 2.11 bits per heavy atom. The van der Waals surface area contributed by atoms with E-state index < -0.39 is 0 Å². The van der Waals surface area contributed by atoms with E-state index in [0.717, 1.165) is 29.5 Å². The van der Waals surface area contributed by atoms with Gasteiger partial charge in [0.05, 0.1) is 12.1 Å². The van der Waals surface area contributed by atoms with Crippen LogP contribution < -0.4 is 9.47 Å². The summed E-state index contributed by atoms with van der Waals surface area (Å²) in [6, 6.07) is 9.59. The summed E-state index contributed by atoms with van der Waals surface area (Å²) in [7, 11) is 0. The zero-order chi connectivity index (χ0) is 13.5. The maximum Gasteiger partial charge on any atom is 0.217 e. The van der Waals surface area contributed by atoms with Crippen molar-refractivity contribution in [1.29, 1.82) is 0 Å². The van der Waals surface area contributed by atoms with Crippen LogP contribution in [-0.4, -0.2) is 18.2 Å². The highest BCUT2D eigenvalue weighted by molar-refractivity contribution is 5.85. The minimum atomic E-state index is 0.238. The van der Waals surface area contributed by atoms with Gasteiger partial charge in [0, 0.05) is 11.5 Å². The summed E-state index contributed by atoms with van der Waals surface area (Å²) in [5.41, 5.74) is 0.850. The number of para-hydroxylation sites is 1. The topological polar surface area (TPSA) is 31.4 Å². The van der Waals surface area contributed by atoms with Crippen LogP contribution in [0.3, 0.4) is 0 Å². The number of benzene rings is 1. The first-order valence-corrected chi connectivity index (χ1v) is 6.44. The normalized spacial score (nSPS) is 10.1. The van der Waals surface area contributed by atoms with Gasteiger partial charge in [-0.15, -0.1) is 6.42 Å². The van der Waals surface area contributed by atoms with Crippen molar-refractivity contribution in [3.05, 3.63) is 30.3 Å². The van der Waals surface area contributed by atoms with E-state index in [9.17, 15) is 0 Å². The largest absolute Gasteiger partial charge is 0.480 e. The van der Waals surface area contributed by atoms with Crippen LogP contribution in [0.4, 0.5) is 0 Å². The molecule has 0 amide bonds. The van der Waals surface area contributed by atoms with E-state index in [1.165, 1.54) is 0 Å². The first-order chi connectivity index (χ1) is 9.35. The number of rotatable bonds is 6. The summed E-state index contributed by atoms with van der Waals surface area (Å²) < 4.78 is 11.2. The van der Waals surface area contributed by atoms with Gasteiger partial charge in [0.25, 0.3) is 0 Å². The summed E-state index contributed by atoms with van der Waals surface area (Å²) in [6.07, 6.45) is 7.34. The third-order valence-electron chi connectivity index (χ3n) is 2.71. The van der Waals surface area contributed by atoms with Crippen LogP contribution in [0.5, 0.6) is 11.6 Å². The van der Waals surface area contributed by atoms with E-state index >= 15 is 0 Å². The molecule has 0 aliphatic heterocycles. The first-order valence-electron chi connectivity index (χ1n) is 6.44. The number of hydrogen-bond donors (Lipinski definition) is 0. The van der Waals surface area contributed by atoms with Crippen molar-refractivity contribution in [2.45, 2.75) is 19.8 Å². The van der Waals surface area contributed by atoms with E-state index in [1.807, 2.05) is 24.3 Å². The van der Waals surface area contributed by atoms with Crippen molar-refractivity contribution in [2.75, 3.05) is 13.2 Å². The second kappa shape index (κ2) is 6.65. The fourth-order valence-electron chi connectivity index (χ4n) is 1.75. The van der Waals surface area contributed by atoms with Gasteiger partial charge in [-0.2, -0.15) is 0 Å². The average molecular weight is 255 g/mol. The minimum Gasteiger partial charge on any atom is -0.480 e. The van der Waals surface area contributed by atoms with Crippen LogP contribution >= 0.6 is 0 Å². The van der Waals surface area contributed by atoms with Crippen LogP contribution in [0.2, 0.25) is 0 Å². The number of fused-ring (bicyclic) bond motifs is 1. The molecule has 19 heavy (non-hydrogen) atoms. The maximum atomic E-state index is 5.63. The number of pyridine rings is 1. The van der Waals surface area contributed by atoms with E-state index in [1.54, 1.807) is 6.07 Å². The first kappa shape index (κ1) is 13.2. The van der Waals surface area contributed by atoms with Gasteiger partial charge in [-0.05, 0) is 18.6 Å². The number of terminal acetylenes is 1. The standard InChI is InChI=1S/C16H17NO2/c1-3-5-11-19-16-12-15(18-10-4-2)13-8-6-7-9-14(13)17-16/h2,6-9,12H,3,5,10-11H2,1H3. The monoisotopic (exact) mass is 255 g/mol. The molecule has 0 spiro atoms. The van der Waals surface area contributed by atoms with Gasteiger partial charge in [-0.25, -0.2) is 4.98 Å². The van der Waals surface area contributed by atoms with E-state index in [4.69, 9.17) is 15.9 Å². The zero-order valence-corrected chi connectivity index (χ0v) is 11.1. The summed E-state index contributed by atoms with van der Waals surface area (Å²) in [4.78, 5) is 4.46. The van der Waals surface area contributed by atoms with Crippen molar-refractivity contribution in [1.82, 2.24) is 4.98 Å². The smallest absolute Gasteiger partial charge is 0.217 e. The number of unbranched alkanes of at least 4 members (excludes halogenated alkanes) is 1. The third-order valence-corrected chi connectivity index (χ3v) is 2.71. The van der Waals surface area contributed by atoms with E-state index in [2.05, 4.69) is 17.8 Å². The molecular weight excluding hydrogens is 238 g/mol. The lowest BCUT2D eigenvalue weighted by atomic mass is 10.2. The molecule has 0 unspecified atom stereocenters. The second-order valence-corrected chi connectivity index (χ2v) is 4.17. The molecule has 0 saturated carbocycles. The van der Waals surface area contributed by atoms with Gasteiger partial charge >= 0.3 is 0 Å². The van der Waals surface area contributed by atoms with E-state index in [-0.39, 0.29) is 6.61 Å². The van der Waals surface area contributed by atoms with Crippen LogP contribution in [0.25, 0.3) is 10.9 Å². The van der Waals surface area contributed by atoms with Crippen LogP contribution in [-0.2, 0) is 0 Å². The molecule has 3 nitrogen and oxygen atoms in total. The molecule has 0 fully saturated rings. The van der Waals surface area contributed by atoms with Gasteiger partial charge in [0.15, 0.2) is 0 Å². The van der Waals surface area contributed by atoms with Crippen LogP contribution in [0.1, 0.15) is 19.8 Å². The Hall–Kier alpha value is -2.21. The summed E-state index contributed by atoms with van der Waals surface area (Å²) in [5, 5.41) is 0.945. The predicted molar refractivity (Wildman–Crippen MR) is 76.5 cm³/mol. The molecule has 0 atom stereocenters. The highest BCUT2D eigenvalue weighted by Crippen LogP contribution is 2.28. The number of hydrogen-bond acceptors (Lipinski definition) is 3. The molecule has 0 aliphatic rings. The quantitative estimate of drug-likeness (QED) is 0.585. The van der Waals surface area contributed by atoms with Gasteiger partial charge in [0.1, 0.15) is 12.4 Å². The summed E-state index contributed by atoms with van der Waals surface area (Å²) in [6.45, 7) is 3.03. The lowest BCUT2D eigenvalue weighted by Gasteiger charge is -2.10. The van der Waals surface area contributed by atoms with Crippen molar-refractivity contribution < 1.29 is 9.47 Å². The fraction of sp³-hybridized carbons (Fsp3) is 0.312. The van der Waals surface area contributed by atoms with Gasteiger partial charge in [-0.1, -0.05) is 31.4 Å². The molecule has 1 aromatic heterocycles. The zero-order valence-electron chi connectivity index (χ0n) is 11.1. The molecule has 98 valence electrons. The lowest BCUT2D eigenvalue weighted by molar-refractivity contribution is 0.295. The molecule has 2 rings (SSSR count). The second-order valence-electron chi connectivity index (χ2n) is 4.17. The Morgan fingerprint density at radius 3 is 2.89 bits per heavy atom. The number of nitrogens with zero attached hydrogens (tertiary/aromatic N) is 1. The maximum absolute atomic E-state index is 5.63. The summed E-state index contributed by atoms with van der Waals surface area (Å²) >= 11 is 0. The molecule has 0 N–H and O–H groups in total. The van der Waals surface area contributed by atoms with Crippen molar-refractivity contribution in [3.8, 4) is 24.0 Å². The van der Waals surface area contributed by atoms with Crippen molar-refractivity contribution >= 4 is 10.9 Å². The fourth-order valence-corrected chi connectivity index (χ4v) is 1.75. The van der Waals surface area contributed by atoms with Crippen molar-refractivity contribution in [2.24, 2.45) is 0 Å². The Bertz CT molecular complexity index is 587. The molecule has 2 aromatic rings. The third kappa shape index (κ3) is 3.38. The SMILES string of the molecule is C#CCOc1cc(OCCCC)nc2ccccc12. The highest BCUT2D eigenvalue weighted by Gasteiger charge is 2.07. The lowest BCUT2D eigenvalue weighted by Crippen LogP contribution is -2.01. The molecule has 0 bridgehead atoms. The molecule has 1 heterocycles. The van der Waals surface area contributed by atoms with Crippen molar-refractivity contribution in [3.63, 3.8) is 0 Å². The predicted octanol–water partition coefficient (Wildman–Crippen LogP) is 3.43. The Kier molecular flexibility index (Phi) is 4.63. The van der Waals surface area contributed by atoms with Crippen LogP contribution in [0.15, 0.2) is 30.3 Å². The Morgan fingerprint density at radius 1 is 1.26 bits per heavy atom. The molecule has 0 saturated heterocycles. The number of ether oxygens (including phenoxy) is 2. The minimum absolute atomic E-state index is 0.238. The molecular formula is C16H17NO2. The Labute approximate surface area is 113 Å². The highest BCUT2D eigenvalue weighted by atomic mass is 16.5. The Balaban J connectivity index is 2.30. The molecule has 3 heteroatoms. The molecule has 1 aromatic carbocycles. The van der Waals surface area contributed by atoms with Crippen LogP contribution in [0, 0.1) is 12.3 Å².